The molecule has 3 N–H and O–H groups in total. The summed E-state index contributed by atoms with van der Waals surface area (Å²) < 4.78 is 53.9. The Bertz CT molecular complexity index is 648. The van der Waals surface area contributed by atoms with E-state index in [1.807, 2.05) is 0 Å². The highest BCUT2D eigenvalue weighted by Crippen LogP contribution is 2.44. The van der Waals surface area contributed by atoms with Crippen molar-refractivity contribution in [2.24, 2.45) is 11.8 Å². The Balaban J connectivity index is 1.89. The lowest BCUT2D eigenvalue weighted by Gasteiger charge is -2.22. The minimum Gasteiger partial charge on any atom is -0.399 e. The van der Waals surface area contributed by atoms with Crippen molar-refractivity contribution in [3.63, 3.8) is 0 Å². The molecule has 0 heterocycles. The summed E-state index contributed by atoms with van der Waals surface area (Å²) in [6.07, 6.45) is 3.91. The fourth-order valence-electron chi connectivity index (χ4n) is 3.43. The number of nitrogen functional groups attached to an aromatic ring is 1. The molecule has 0 aliphatic heterocycles. The second-order valence-electron chi connectivity index (χ2n) is 5.72. The fourth-order valence-corrected chi connectivity index (χ4v) is 4.87. The van der Waals surface area contributed by atoms with E-state index in [2.05, 4.69) is 4.72 Å². The predicted octanol–water partition coefficient (Wildman–Crippen LogP) is 2.01. The zero-order valence-corrected chi connectivity index (χ0v) is 11.6. The van der Waals surface area contributed by atoms with Crippen molar-refractivity contribution in [2.75, 3.05) is 5.73 Å². The maximum Gasteiger partial charge on any atom is 0.243 e. The van der Waals surface area contributed by atoms with Gasteiger partial charge in [0, 0.05) is 11.7 Å². The zero-order valence-electron chi connectivity index (χ0n) is 10.8. The topological polar surface area (TPSA) is 72.2 Å². The summed E-state index contributed by atoms with van der Waals surface area (Å²) in [5, 5.41) is 0. The van der Waals surface area contributed by atoms with Crippen molar-refractivity contribution in [3.8, 4) is 0 Å². The number of nitrogens with two attached hydrogens (primary N) is 1. The number of benzene rings is 1. The molecule has 2 saturated carbocycles. The summed E-state index contributed by atoms with van der Waals surface area (Å²) in [5.41, 5.74) is 5.28. The SMILES string of the molecule is Nc1cc(F)c(F)c(S(=O)(=O)NC2CC3CCC2C3)c1. The van der Waals surface area contributed by atoms with Crippen LogP contribution < -0.4 is 10.5 Å². The summed E-state index contributed by atoms with van der Waals surface area (Å²) in [6, 6.07) is 1.54. The third-order valence-electron chi connectivity index (χ3n) is 4.35. The van der Waals surface area contributed by atoms with Gasteiger partial charge in [-0.25, -0.2) is 21.9 Å². The van der Waals surface area contributed by atoms with E-state index in [1.54, 1.807) is 0 Å². The first-order valence-electron chi connectivity index (χ1n) is 6.63. The van der Waals surface area contributed by atoms with Crippen LogP contribution in [0.25, 0.3) is 0 Å². The molecule has 0 aromatic heterocycles. The Morgan fingerprint density at radius 1 is 1.20 bits per heavy atom. The van der Waals surface area contributed by atoms with E-state index in [-0.39, 0.29) is 11.7 Å². The molecule has 0 amide bonds. The second kappa shape index (κ2) is 4.66. The molecule has 3 rings (SSSR count). The number of nitrogens with one attached hydrogen (secondary N) is 1. The van der Waals surface area contributed by atoms with Gasteiger partial charge in [0.05, 0.1) is 0 Å². The van der Waals surface area contributed by atoms with Crippen LogP contribution in [0.15, 0.2) is 17.0 Å². The number of hydrogen-bond acceptors (Lipinski definition) is 3. The van der Waals surface area contributed by atoms with Gasteiger partial charge < -0.3 is 5.73 Å². The molecule has 1 aromatic rings. The Labute approximate surface area is 116 Å². The summed E-state index contributed by atoms with van der Waals surface area (Å²) in [5.74, 6) is -1.77. The minimum absolute atomic E-state index is 0.114. The monoisotopic (exact) mass is 302 g/mol. The first kappa shape index (κ1) is 13.8. The highest BCUT2D eigenvalue weighted by Gasteiger charge is 2.41. The number of fused-ring (bicyclic) bond motifs is 2. The predicted molar refractivity (Wildman–Crippen MR) is 70.3 cm³/mol. The summed E-state index contributed by atoms with van der Waals surface area (Å²) in [4.78, 5) is -0.710. The number of anilines is 1. The van der Waals surface area contributed by atoms with E-state index in [1.165, 1.54) is 0 Å². The quantitative estimate of drug-likeness (QED) is 0.839. The molecule has 3 unspecified atom stereocenters. The van der Waals surface area contributed by atoms with Gasteiger partial charge in [0.15, 0.2) is 11.6 Å². The first-order chi connectivity index (χ1) is 9.37. The Kier molecular flexibility index (Phi) is 3.21. The first-order valence-corrected chi connectivity index (χ1v) is 8.12. The van der Waals surface area contributed by atoms with Gasteiger partial charge in [-0.15, -0.1) is 0 Å². The lowest BCUT2D eigenvalue weighted by atomic mass is 9.96. The van der Waals surface area contributed by atoms with E-state index < -0.39 is 26.6 Å². The number of hydrogen-bond donors (Lipinski definition) is 2. The molecule has 0 saturated heterocycles. The highest BCUT2D eigenvalue weighted by molar-refractivity contribution is 7.89. The maximum absolute atomic E-state index is 13.7. The summed E-state index contributed by atoms with van der Waals surface area (Å²) >= 11 is 0. The molecule has 0 radical (unpaired) electrons. The number of halogens is 2. The molecule has 1 aromatic carbocycles. The standard InChI is InChI=1S/C13H16F2N2O2S/c14-10-5-9(16)6-12(13(10)15)20(18,19)17-11-4-7-1-2-8(11)3-7/h5-8,11,17H,1-4,16H2. The van der Waals surface area contributed by atoms with Gasteiger partial charge >= 0.3 is 0 Å². The molecule has 2 fully saturated rings. The van der Waals surface area contributed by atoms with Crippen LogP contribution in [0.2, 0.25) is 0 Å². The Morgan fingerprint density at radius 3 is 2.55 bits per heavy atom. The van der Waals surface area contributed by atoms with Crippen molar-refractivity contribution < 1.29 is 17.2 Å². The zero-order chi connectivity index (χ0) is 14.5. The van der Waals surface area contributed by atoms with Crippen LogP contribution in [0.1, 0.15) is 25.7 Å². The van der Waals surface area contributed by atoms with Crippen molar-refractivity contribution in [1.29, 1.82) is 0 Å². The van der Waals surface area contributed by atoms with Crippen molar-refractivity contribution in [3.05, 3.63) is 23.8 Å². The molecule has 2 aliphatic carbocycles. The van der Waals surface area contributed by atoms with Gasteiger partial charge in [0.2, 0.25) is 10.0 Å². The molecule has 2 aliphatic rings. The van der Waals surface area contributed by atoms with E-state index in [0.717, 1.165) is 37.8 Å². The second-order valence-corrected chi connectivity index (χ2v) is 7.40. The van der Waals surface area contributed by atoms with Crippen LogP contribution in [-0.2, 0) is 10.0 Å². The van der Waals surface area contributed by atoms with Crippen molar-refractivity contribution in [1.82, 2.24) is 4.72 Å². The summed E-state index contributed by atoms with van der Waals surface area (Å²) in [7, 11) is -4.09. The van der Waals surface area contributed by atoms with Crippen molar-refractivity contribution >= 4 is 15.7 Å². The third-order valence-corrected chi connectivity index (χ3v) is 5.84. The van der Waals surface area contributed by atoms with Crippen LogP contribution in [0, 0.1) is 23.5 Å². The number of rotatable bonds is 3. The van der Waals surface area contributed by atoms with Gasteiger partial charge in [0.25, 0.3) is 0 Å². The normalized spacial score (nSPS) is 29.0. The van der Waals surface area contributed by atoms with Gasteiger partial charge in [-0.3, -0.25) is 0 Å². The molecule has 3 atom stereocenters. The molecule has 0 spiro atoms. The lowest BCUT2D eigenvalue weighted by molar-refractivity contribution is 0.389. The molecule has 4 nitrogen and oxygen atoms in total. The lowest BCUT2D eigenvalue weighted by Crippen LogP contribution is -2.38. The smallest absolute Gasteiger partial charge is 0.243 e. The molecule has 20 heavy (non-hydrogen) atoms. The van der Waals surface area contributed by atoms with E-state index in [4.69, 9.17) is 5.73 Å². The average molecular weight is 302 g/mol. The van der Waals surface area contributed by atoms with Gasteiger partial charge in [-0.1, -0.05) is 6.42 Å². The van der Waals surface area contributed by atoms with E-state index in [9.17, 15) is 17.2 Å². The molecule has 2 bridgehead atoms. The van der Waals surface area contributed by atoms with Crippen LogP contribution in [0.4, 0.5) is 14.5 Å². The van der Waals surface area contributed by atoms with Crippen LogP contribution in [0.5, 0.6) is 0 Å². The van der Waals surface area contributed by atoms with E-state index in [0.29, 0.717) is 11.8 Å². The minimum atomic E-state index is -4.09. The third kappa shape index (κ3) is 2.29. The molecule has 110 valence electrons. The maximum atomic E-state index is 13.7. The van der Waals surface area contributed by atoms with Crippen LogP contribution in [0.3, 0.4) is 0 Å². The van der Waals surface area contributed by atoms with E-state index >= 15 is 0 Å². The van der Waals surface area contributed by atoms with Gasteiger partial charge in [0.1, 0.15) is 4.90 Å². The Hall–Kier alpha value is -1.21. The average Bonchev–Trinajstić information content (AvgIpc) is 2.95. The molecule has 7 heteroatoms. The Morgan fingerprint density at radius 2 is 1.95 bits per heavy atom. The largest absolute Gasteiger partial charge is 0.399 e. The van der Waals surface area contributed by atoms with Gasteiger partial charge in [-0.2, -0.15) is 0 Å². The summed E-state index contributed by atoms with van der Waals surface area (Å²) in [6.45, 7) is 0. The molecular formula is C13H16F2N2O2S. The molecular weight excluding hydrogens is 286 g/mol. The van der Waals surface area contributed by atoms with Crippen LogP contribution in [-0.4, -0.2) is 14.5 Å². The number of sulfonamides is 1. The van der Waals surface area contributed by atoms with Gasteiger partial charge in [-0.05, 0) is 43.2 Å². The van der Waals surface area contributed by atoms with Crippen LogP contribution >= 0.6 is 0 Å². The fraction of sp³-hybridized carbons (Fsp3) is 0.538. The van der Waals surface area contributed by atoms with Crippen molar-refractivity contribution in [2.45, 2.75) is 36.6 Å². The highest BCUT2D eigenvalue weighted by atomic mass is 32.2.